The fraction of sp³-hybridized carbons (Fsp3) is 0.667. The number of carbonyl (C=O) groups is 5. The van der Waals surface area contributed by atoms with Gasteiger partial charge in [0, 0.05) is 31.7 Å². The van der Waals surface area contributed by atoms with Gasteiger partial charge in [-0.2, -0.15) is 0 Å². The predicted molar refractivity (Wildman–Crippen MR) is 172 cm³/mol. The van der Waals surface area contributed by atoms with E-state index in [0.29, 0.717) is 32.0 Å². The zero-order valence-corrected chi connectivity index (χ0v) is 27.7. The van der Waals surface area contributed by atoms with Gasteiger partial charge in [-0.05, 0) is 62.0 Å². The van der Waals surface area contributed by atoms with Crippen LogP contribution in [0.25, 0.3) is 0 Å². The third-order valence-corrected chi connectivity index (χ3v) is 7.74. The van der Waals surface area contributed by atoms with Crippen molar-refractivity contribution < 1.29 is 29.1 Å². The highest BCUT2D eigenvalue weighted by Crippen LogP contribution is 2.24. The van der Waals surface area contributed by atoms with Gasteiger partial charge in [0.25, 0.3) is 5.91 Å². The number of Topliss-reactive ketones (excluding diaryl/α,β-unsaturated/α-hetero) is 1. The predicted octanol–water partition coefficient (Wildman–Crippen LogP) is 3.87. The lowest BCUT2D eigenvalue weighted by Crippen LogP contribution is -2.51. The maximum absolute atomic E-state index is 12.0. The summed E-state index contributed by atoms with van der Waals surface area (Å²) in [7, 11) is 0. The average Bonchev–Trinajstić information content (AvgIpc) is 3.72. The maximum atomic E-state index is 12.0. The Morgan fingerprint density at radius 2 is 1.68 bits per heavy atom. The van der Waals surface area contributed by atoms with Crippen LogP contribution in [0.4, 0.5) is 4.79 Å². The number of carboxylic acid groups (broad SMARTS) is 1. The zero-order chi connectivity index (χ0) is 33.4. The zero-order valence-electron chi connectivity index (χ0n) is 27.7. The lowest BCUT2D eigenvalue weighted by molar-refractivity contribution is -0.139. The number of carbonyl (C=O) groups excluding carboxylic acids is 4. The van der Waals surface area contributed by atoms with Crippen molar-refractivity contribution in [3.8, 4) is 0 Å². The number of nitrogens with one attached hydrogen (secondary N) is 2. The Labute approximate surface area is 263 Å². The summed E-state index contributed by atoms with van der Waals surface area (Å²) in [4.78, 5) is 59.2. The molecule has 1 saturated carbocycles. The summed E-state index contributed by atoms with van der Waals surface area (Å²) in [5, 5.41) is 13.8. The summed E-state index contributed by atoms with van der Waals surface area (Å²) < 4.78 is 0. The van der Waals surface area contributed by atoms with E-state index in [1.165, 1.54) is 10.5 Å². The maximum Gasteiger partial charge on any atom is 0.407 e. The number of benzene rings is 1. The molecule has 4 amide bonds. The molecule has 5 N–H and O–H groups in total. The molecule has 0 radical (unpaired) electrons. The van der Waals surface area contributed by atoms with Gasteiger partial charge in [0.1, 0.15) is 0 Å². The van der Waals surface area contributed by atoms with E-state index in [-0.39, 0.29) is 23.4 Å². The quantitative estimate of drug-likeness (QED) is 0.254. The van der Waals surface area contributed by atoms with E-state index in [2.05, 4.69) is 23.6 Å². The molecular weight excluding hydrogens is 562 g/mol. The van der Waals surface area contributed by atoms with Crippen molar-refractivity contribution in [3.05, 3.63) is 35.4 Å². The minimum atomic E-state index is -0.825. The highest BCUT2D eigenvalue weighted by molar-refractivity contribution is 6.38. The Morgan fingerprint density at radius 3 is 2.16 bits per heavy atom. The highest BCUT2D eigenvalue weighted by atomic mass is 16.4. The SMILES string of the molecule is CC.CC1CCCN1C(=O)[C@@H](N)C(C)(C)C.CCCC(NC=O)C(=O)C(=O)NC1CC1.O=C(O)N1CCc2ccccc2C1. The monoisotopic (exact) mass is 617 g/mol. The molecule has 4 rings (SSSR count). The standard InChI is InChI=1S/C11H22N2O.C10H16N2O3.C10H11NO2.C2H6/c1-8-6-5-7-13(8)10(14)9(12)11(2,3)4;1-2-3-8(11-6-13)9(14)10(15)12-7-4-5-7;12-10(13)11-6-5-8-3-1-2-4-9(8)7-11;1-2/h8-9H,5-7,12H2,1-4H3;6-8H,2-5H2,1H3,(H,11,13)(H,12,15);1-4H,5-7H2,(H,12,13);1-2H3/t8?,9-;;;/m1.../s1. The largest absolute Gasteiger partial charge is 0.465 e. The second-order valence-corrected chi connectivity index (χ2v) is 12.3. The van der Waals surface area contributed by atoms with Gasteiger partial charge in [0.05, 0.1) is 12.1 Å². The first-order valence-corrected chi connectivity index (χ1v) is 15.9. The number of ketones is 1. The minimum absolute atomic E-state index is 0.113. The second-order valence-electron chi connectivity index (χ2n) is 12.3. The van der Waals surface area contributed by atoms with Gasteiger partial charge in [-0.15, -0.1) is 0 Å². The van der Waals surface area contributed by atoms with Gasteiger partial charge in [-0.3, -0.25) is 19.2 Å². The number of nitrogens with two attached hydrogens (primary N) is 1. The lowest BCUT2D eigenvalue weighted by atomic mass is 9.86. The van der Waals surface area contributed by atoms with E-state index in [4.69, 9.17) is 10.8 Å². The molecular formula is C33H55N5O6. The van der Waals surface area contributed by atoms with Gasteiger partial charge >= 0.3 is 6.09 Å². The molecule has 3 atom stereocenters. The average molecular weight is 618 g/mol. The molecule has 1 aliphatic carbocycles. The van der Waals surface area contributed by atoms with Gasteiger partial charge < -0.3 is 31.3 Å². The van der Waals surface area contributed by atoms with Crippen LogP contribution in [-0.4, -0.2) is 82.3 Å². The molecule has 11 nitrogen and oxygen atoms in total. The van der Waals surface area contributed by atoms with Crippen molar-refractivity contribution in [1.82, 2.24) is 20.4 Å². The third-order valence-electron chi connectivity index (χ3n) is 7.74. The summed E-state index contributed by atoms with van der Waals surface area (Å²) in [6, 6.07) is 7.49. The molecule has 44 heavy (non-hydrogen) atoms. The Bertz CT molecular complexity index is 1080. The topological polar surface area (TPSA) is 162 Å². The number of hydrogen-bond donors (Lipinski definition) is 4. The van der Waals surface area contributed by atoms with Crippen LogP contribution in [0.2, 0.25) is 0 Å². The first-order valence-electron chi connectivity index (χ1n) is 15.9. The molecule has 1 aromatic rings. The summed E-state index contributed by atoms with van der Waals surface area (Å²) >= 11 is 0. The van der Waals surface area contributed by atoms with Crippen molar-refractivity contribution in [2.24, 2.45) is 11.1 Å². The van der Waals surface area contributed by atoms with Crippen LogP contribution in [0.1, 0.15) is 98.1 Å². The fourth-order valence-electron chi connectivity index (χ4n) is 4.77. The minimum Gasteiger partial charge on any atom is -0.465 e. The molecule has 0 bridgehead atoms. The van der Waals surface area contributed by atoms with E-state index < -0.39 is 23.8 Å². The molecule has 2 heterocycles. The van der Waals surface area contributed by atoms with Crippen LogP contribution in [0, 0.1) is 5.41 Å². The Hall–Kier alpha value is -3.47. The van der Waals surface area contributed by atoms with Gasteiger partial charge in [0.15, 0.2) is 0 Å². The van der Waals surface area contributed by atoms with Crippen molar-refractivity contribution in [2.75, 3.05) is 13.1 Å². The summed E-state index contributed by atoms with van der Waals surface area (Å²) in [6.45, 7) is 16.1. The Balaban J connectivity index is 0.000000321. The van der Waals surface area contributed by atoms with E-state index in [9.17, 15) is 24.0 Å². The number of hydrogen-bond acceptors (Lipinski definition) is 6. The molecule has 2 unspecified atom stereocenters. The van der Waals surface area contributed by atoms with Crippen LogP contribution in [0.15, 0.2) is 24.3 Å². The van der Waals surface area contributed by atoms with Gasteiger partial charge in [-0.1, -0.05) is 72.2 Å². The van der Waals surface area contributed by atoms with Crippen molar-refractivity contribution in [3.63, 3.8) is 0 Å². The lowest BCUT2D eigenvalue weighted by Gasteiger charge is -2.31. The summed E-state index contributed by atoms with van der Waals surface area (Å²) in [5.41, 5.74) is 8.22. The van der Waals surface area contributed by atoms with Crippen molar-refractivity contribution in [1.29, 1.82) is 0 Å². The van der Waals surface area contributed by atoms with E-state index in [0.717, 1.165) is 50.6 Å². The van der Waals surface area contributed by atoms with E-state index in [1.54, 1.807) is 0 Å². The number of rotatable bonds is 8. The summed E-state index contributed by atoms with van der Waals surface area (Å²) in [5.74, 6) is -1.01. The first kappa shape index (κ1) is 38.6. The van der Waals surface area contributed by atoms with Crippen LogP contribution in [0.3, 0.4) is 0 Å². The molecule has 2 aliphatic heterocycles. The van der Waals surface area contributed by atoms with Crippen LogP contribution in [0.5, 0.6) is 0 Å². The number of amides is 4. The van der Waals surface area contributed by atoms with E-state index >= 15 is 0 Å². The normalized spacial score (nSPS) is 18.3. The highest BCUT2D eigenvalue weighted by Gasteiger charge is 2.34. The van der Waals surface area contributed by atoms with E-state index in [1.807, 2.05) is 64.6 Å². The van der Waals surface area contributed by atoms with Crippen molar-refractivity contribution >= 4 is 30.1 Å². The molecule has 2 fully saturated rings. The molecule has 11 heteroatoms. The molecule has 0 spiro atoms. The van der Waals surface area contributed by atoms with Gasteiger partial charge in [0.2, 0.25) is 18.1 Å². The van der Waals surface area contributed by atoms with Crippen LogP contribution in [-0.2, 0) is 32.1 Å². The Kier molecular flexibility index (Phi) is 16.7. The fourth-order valence-corrected chi connectivity index (χ4v) is 4.77. The van der Waals surface area contributed by atoms with Gasteiger partial charge in [-0.25, -0.2) is 4.79 Å². The first-order chi connectivity index (χ1) is 20.8. The summed E-state index contributed by atoms with van der Waals surface area (Å²) in [6.07, 6.45) is 5.83. The second kappa shape index (κ2) is 19.0. The Morgan fingerprint density at radius 1 is 1.07 bits per heavy atom. The molecule has 0 aromatic heterocycles. The molecule has 1 aromatic carbocycles. The smallest absolute Gasteiger partial charge is 0.407 e. The van der Waals surface area contributed by atoms with Crippen LogP contribution >= 0.6 is 0 Å². The van der Waals surface area contributed by atoms with Crippen molar-refractivity contribution in [2.45, 2.75) is 124 Å². The number of nitrogens with zero attached hydrogens (tertiary/aromatic N) is 2. The molecule has 3 aliphatic rings. The third kappa shape index (κ3) is 12.6. The number of fused-ring (bicyclic) bond motifs is 1. The molecule has 1 saturated heterocycles. The molecule has 248 valence electrons. The van der Waals surface area contributed by atoms with Crippen LogP contribution < -0.4 is 16.4 Å². The number of likely N-dealkylation sites (tertiary alicyclic amines) is 1.